The zero-order valence-electron chi connectivity index (χ0n) is 13.2. The Morgan fingerprint density at radius 3 is 2.65 bits per heavy atom. The number of H-pyrrole nitrogens is 1. The van der Waals surface area contributed by atoms with Gasteiger partial charge in [0.05, 0.1) is 12.5 Å². The molecule has 0 aliphatic heterocycles. The summed E-state index contributed by atoms with van der Waals surface area (Å²) in [5.74, 6) is -0.0551. The standard InChI is InChI=1S/C17H17N3O3/c1-10-9-13-14(18-10)19-15(12-7-5-4-6-8-12)20(16(13)21)11(2)17(22)23-3/h4-9,11,18H,1-3H3. The Labute approximate surface area is 132 Å². The van der Waals surface area contributed by atoms with Gasteiger partial charge in [-0.25, -0.2) is 9.78 Å². The summed E-state index contributed by atoms with van der Waals surface area (Å²) in [4.78, 5) is 32.5. The number of benzene rings is 1. The molecule has 23 heavy (non-hydrogen) atoms. The van der Waals surface area contributed by atoms with Crippen LogP contribution < -0.4 is 5.56 Å². The van der Waals surface area contributed by atoms with Gasteiger partial charge in [-0.15, -0.1) is 0 Å². The molecule has 6 nitrogen and oxygen atoms in total. The fourth-order valence-corrected chi connectivity index (χ4v) is 2.64. The summed E-state index contributed by atoms with van der Waals surface area (Å²) in [5.41, 5.74) is 1.84. The molecular weight excluding hydrogens is 294 g/mol. The molecule has 0 spiro atoms. The van der Waals surface area contributed by atoms with Crippen LogP contribution in [0, 0.1) is 6.92 Å². The van der Waals surface area contributed by atoms with E-state index >= 15 is 0 Å². The van der Waals surface area contributed by atoms with Crippen LogP contribution in [0.25, 0.3) is 22.4 Å². The van der Waals surface area contributed by atoms with Crippen LogP contribution in [0.15, 0.2) is 41.2 Å². The van der Waals surface area contributed by atoms with Crippen LogP contribution in [-0.2, 0) is 9.53 Å². The number of hydrogen-bond donors (Lipinski definition) is 1. The van der Waals surface area contributed by atoms with Crippen LogP contribution in [0.4, 0.5) is 0 Å². The second kappa shape index (κ2) is 5.72. The topological polar surface area (TPSA) is 77.0 Å². The molecule has 1 unspecified atom stereocenters. The fourth-order valence-electron chi connectivity index (χ4n) is 2.64. The van der Waals surface area contributed by atoms with E-state index in [0.29, 0.717) is 16.9 Å². The zero-order chi connectivity index (χ0) is 16.6. The maximum atomic E-state index is 12.9. The Morgan fingerprint density at radius 1 is 1.30 bits per heavy atom. The first-order valence-corrected chi connectivity index (χ1v) is 7.28. The number of hydrogen-bond acceptors (Lipinski definition) is 4. The average molecular weight is 311 g/mol. The lowest BCUT2D eigenvalue weighted by molar-refractivity contribution is -0.144. The summed E-state index contributed by atoms with van der Waals surface area (Å²) in [6.07, 6.45) is 0. The highest BCUT2D eigenvalue weighted by Crippen LogP contribution is 2.22. The number of methoxy groups -OCH3 is 1. The van der Waals surface area contributed by atoms with E-state index < -0.39 is 12.0 Å². The molecule has 3 aromatic rings. The molecule has 0 aliphatic carbocycles. The van der Waals surface area contributed by atoms with E-state index in [-0.39, 0.29) is 5.56 Å². The number of carbonyl (C=O) groups excluding carboxylic acids is 1. The highest BCUT2D eigenvalue weighted by Gasteiger charge is 2.23. The highest BCUT2D eigenvalue weighted by molar-refractivity contribution is 5.80. The maximum Gasteiger partial charge on any atom is 0.328 e. The van der Waals surface area contributed by atoms with Gasteiger partial charge in [0.25, 0.3) is 5.56 Å². The van der Waals surface area contributed by atoms with Crippen molar-refractivity contribution in [2.24, 2.45) is 0 Å². The number of fused-ring (bicyclic) bond motifs is 1. The number of aromatic amines is 1. The van der Waals surface area contributed by atoms with E-state index in [9.17, 15) is 9.59 Å². The number of aromatic nitrogens is 3. The largest absolute Gasteiger partial charge is 0.467 e. The van der Waals surface area contributed by atoms with E-state index in [2.05, 4.69) is 9.97 Å². The summed E-state index contributed by atoms with van der Waals surface area (Å²) in [6.45, 7) is 3.49. The van der Waals surface area contributed by atoms with E-state index in [4.69, 9.17) is 4.74 Å². The van der Waals surface area contributed by atoms with Crippen molar-refractivity contribution in [3.63, 3.8) is 0 Å². The molecule has 1 N–H and O–H groups in total. The van der Waals surface area contributed by atoms with Gasteiger partial charge < -0.3 is 9.72 Å². The lowest BCUT2D eigenvalue weighted by Crippen LogP contribution is -2.31. The van der Waals surface area contributed by atoms with Gasteiger partial charge in [0, 0.05) is 11.3 Å². The van der Waals surface area contributed by atoms with Crippen LogP contribution in [0.1, 0.15) is 18.7 Å². The first-order valence-electron chi connectivity index (χ1n) is 7.28. The molecule has 3 rings (SSSR count). The van der Waals surface area contributed by atoms with Crippen LogP contribution in [0.2, 0.25) is 0 Å². The van der Waals surface area contributed by atoms with Gasteiger partial charge in [-0.2, -0.15) is 0 Å². The third-order valence-electron chi connectivity index (χ3n) is 3.79. The Balaban J connectivity index is 2.36. The van der Waals surface area contributed by atoms with Crippen molar-refractivity contribution in [2.45, 2.75) is 19.9 Å². The summed E-state index contributed by atoms with van der Waals surface area (Å²) < 4.78 is 6.18. The fraction of sp³-hybridized carbons (Fsp3) is 0.235. The summed E-state index contributed by atoms with van der Waals surface area (Å²) >= 11 is 0. The van der Waals surface area contributed by atoms with Crippen molar-refractivity contribution < 1.29 is 9.53 Å². The van der Waals surface area contributed by atoms with Gasteiger partial charge in [-0.1, -0.05) is 30.3 Å². The monoisotopic (exact) mass is 311 g/mol. The van der Waals surface area contributed by atoms with E-state index in [1.54, 1.807) is 13.0 Å². The van der Waals surface area contributed by atoms with Crippen molar-refractivity contribution >= 4 is 17.0 Å². The van der Waals surface area contributed by atoms with Crippen molar-refractivity contribution in [3.05, 3.63) is 52.4 Å². The Morgan fingerprint density at radius 2 is 2.00 bits per heavy atom. The Hall–Kier alpha value is -2.89. The highest BCUT2D eigenvalue weighted by atomic mass is 16.5. The van der Waals surface area contributed by atoms with Crippen LogP contribution >= 0.6 is 0 Å². The minimum atomic E-state index is -0.769. The Bertz CT molecular complexity index is 925. The second-order valence-electron chi connectivity index (χ2n) is 5.39. The van der Waals surface area contributed by atoms with Gasteiger partial charge in [-0.3, -0.25) is 9.36 Å². The minimum absolute atomic E-state index is 0.267. The van der Waals surface area contributed by atoms with E-state index in [1.165, 1.54) is 11.7 Å². The van der Waals surface area contributed by atoms with Crippen molar-refractivity contribution in [1.29, 1.82) is 0 Å². The molecule has 118 valence electrons. The molecule has 1 atom stereocenters. The van der Waals surface area contributed by atoms with Crippen LogP contribution in [-0.4, -0.2) is 27.6 Å². The minimum Gasteiger partial charge on any atom is -0.467 e. The Kier molecular flexibility index (Phi) is 3.73. The van der Waals surface area contributed by atoms with Gasteiger partial charge in [0.1, 0.15) is 17.5 Å². The number of esters is 1. The summed E-state index contributed by atoms with van der Waals surface area (Å²) in [7, 11) is 1.30. The number of carbonyl (C=O) groups is 1. The third-order valence-corrected chi connectivity index (χ3v) is 3.79. The predicted octanol–water partition coefficient (Wildman–Crippen LogP) is 2.43. The van der Waals surface area contributed by atoms with Gasteiger partial charge in [0.2, 0.25) is 0 Å². The average Bonchev–Trinajstić information content (AvgIpc) is 2.95. The number of nitrogens with zero attached hydrogens (tertiary/aromatic N) is 2. The normalized spacial score (nSPS) is 12.3. The molecule has 6 heteroatoms. The number of aryl methyl sites for hydroxylation is 1. The molecular formula is C17H17N3O3. The smallest absolute Gasteiger partial charge is 0.328 e. The molecule has 0 saturated carbocycles. The number of ether oxygens (including phenoxy) is 1. The summed E-state index contributed by atoms with van der Waals surface area (Å²) in [5, 5.41) is 0.456. The maximum absolute atomic E-state index is 12.9. The zero-order valence-corrected chi connectivity index (χ0v) is 13.2. The predicted molar refractivity (Wildman–Crippen MR) is 87.3 cm³/mol. The van der Waals surface area contributed by atoms with Crippen LogP contribution in [0.3, 0.4) is 0 Å². The SMILES string of the molecule is COC(=O)C(C)n1c(-c2ccccc2)nc2[nH]c(C)cc2c1=O. The molecule has 1 aromatic carbocycles. The lowest BCUT2D eigenvalue weighted by Gasteiger charge is -2.17. The number of nitrogens with one attached hydrogen (secondary N) is 1. The first kappa shape index (κ1) is 15.0. The summed E-state index contributed by atoms with van der Waals surface area (Å²) in [6, 6.07) is 10.3. The molecule has 0 fully saturated rings. The molecule has 0 saturated heterocycles. The second-order valence-corrected chi connectivity index (χ2v) is 5.39. The quantitative estimate of drug-likeness (QED) is 0.754. The van der Waals surface area contributed by atoms with E-state index in [1.807, 2.05) is 37.3 Å². The van der Waals surface area contributed by atoms with Crippen molar-refractivity contribution in [2.75, 3.05) is 7.11 Å². The molecule has 2 aromatic heterocycles. The van der Waals surface area contributed by atoms with Crippen LogP contribution in [0.5, 0.6) is 0 Å². The van der Waals surface area contributed by atoms with Gasteiger partial charge in [0.15, 0.2) is 0 Å². The lowest BCUT2D eigenvalue weighted by atomic mass is 10.2. The van der Waals surface area contributed by atoms with Crippen molar-refractivity contribution in [3.8, 4) is 11.4 Å². The first-order chi connectivity index (χ1) is 11.0. The molecule has 0 aliphatic rings. The van der Waals surface area contributed by atoms with E-state index in [0.717, 1.165) is 11.3 Å². The molecule has 0 amide bonds. The molecule has 0 radical (unpaired) electrons. The third kappa shape index (κ3) is 2.52. The molecule has 2 heterocycles. The van der Waals surface area contributed by atoms with Gasteiger partial charge in [-0.05, 0) is 19.9 Å². The van der Waals surface area contributed by atoms with Crippen molar-refractivity contribution in [1.82, 2.24) is 14.5 Å². The number of rotatable bonds is 3. The molecule has 0 bridgehead atoms. The van der Waals surface area contributed by atoms with Gasteiger partial charge >= 0.3 is 5.97 Å².